The fourth-order valence-corrected chi connectivity index (χ4v) is 10.0. The quantitative estimate of drug-likeness (QED) is 0.0193. The maximum Gasteiger partial charge on any atom is 0.397 e. The predicted octanol–water partition coefficient (Wildman–Crippen LogP) is 13.6. The summed E-state index contributed by atoms with van der Waals surface area (Å²) in [5.41, 5.74) is 0. The van der Waals surface area contributed by atoms with E-state index in [2.05, 4.69) is 47.7 Å². The van der Waals surface area contributed by atoms with Crippen molar-refractivity contribution in [3.05, 3.63) is 24.3 Å². The van der Waals surface area contributed by atoms with Crippen LogP contribution in [0.15, 0.2) is 24.3 Å². The van der Waals surface area contributed by atoms with Gasteiger partial charge in [0.2, 0.25) is 5.91 Å². The van der Waals surface area contributed by atoms with Crippen molar-refractivity contribution in [3.63, 3.8) is 0 Å². The first-order valence-corrected chi connectivity index (χ1v) is 30.6. The number of carbonyl (C=O) groups excluding carboxylic acids is 1. The molecule has 70 heavy (non-hydrogen) atoms. The minimum Gasteiger partial charge on any atom is -0.394 e. The molecule has 1 saturated heterocycles. The van der Waals surface area contributed by atoms with Crippen LogP contribution in [0.1, 0.15) is 277 Å². The highest BCUT2D eigenvalue weighted by Crippen LogP contribution is 2.26. The molecular formula is C57H109NO11S. The highest BCUT2D eigenvalue weighted by atomic mass is 32.3. The molecule has 0 spiro atoms. The molecule has 12 nitrogen and oxygen atoms in total. The van der Waals surface area contributed by atoms with Crippen LogP contribution in [-0.2, 0) is 28.9 Å². The van der Waals surface area contributed by atoms with Crippen LogP contribution in [0.5, 0.6) is 0 Å². The van der Waals surface area contributed by atoms with Crippen LogP contribution in [-0.4, -0.2) is 95.4 Å². The highest BCUT2D eigenvalue weighted by Gasteiger charge is 2.48. The van der Waals surface area contributed by atoms with Gasteiger partial charge in [0.15, 0.2) is 6.29 Å². The fourth-order valence-electron chi connectivity index (χ4n) is 9.49. The summed E-state index contributed by atoms with van der Waals surface area (Å²) in [4.78, 5) is 13.1. The number of aliphatic hydroxyl groups excluding tert-OH is 4. The van der Waals surface area contributed by atoms with Crippen LogP contribution in [0, 0.1) is 0 Å². The van der Waals surface area contributed by atoms with E-state index in [4.69, 9.17) is 9.47 Å². The highest BCUT2D eigenvalue weighted by molar-refractivity contribution is 7.80. The molecule has 1 heterocycles. The number of carbonyl (C=O) groups is 1. The van der Waals surface area contributed by atoms with E-state index in [1.807, 2.05) is 0 Å². The Kier molecular flexibility index (Phi) is 45.0. The van der Waals surface area contributed by atoms with Crippen molar-refractivity contribution in [1.29, 1.82) is 0 Å². The average Bonchev–Trinajstić information content (AvgIpc) is 3.33. The number of unbranched alkanes of at least 4 members (excludes halogenated alkanes) is 35. The second-order valence-corrected chi connectivity index (χ2v) is 21.6. The summed E-state index contributed by atoms with van der Waals surface area (Å²) >= 11 is 0. The van der Waals surface area contributed by atoms with Gasteiger partial charge < -0.3 is 35.2 Å². The summed E-state index contributed by atoms with van der Waals surface area (Å²) in [6.07, 6.45) is 49.1. The molecule has 0 aromatic carbocycles. The standard InChI is InChI=1S/C57H109NO11S/c1-3-5-7-9-11-13-15-17-19-20-21-22-23-24-25-26-27-28-29-30-31-32-33-35-37-39-41-43-45-47-53(61)58-50(49-67-57-55(63)56(69-70(64,65)66)54(62)52(48-59)68-57)51(60)46-44-42-40-38-36-34-18-16-14-12-10-8-6-4-2/h21-22,24-25,50-52,54-57,59-60,62-63H,3-20,23,26-49H2,1-2H3,(H,58,61)(H,64,65,66)/b22-21-,25-24-. The van der Waals surface area contributed by atoms with Crippen LogP contribution in [0.3, 0.4) is 0 Å². The predicted molar refractivity (Wildman–Crippen MR) is 287 cm³/mol. The summed E-state index contributed by atoms with van der Waals surface area (Å²) in [5, 5.41) is 45.1. The largest absolute Gasteiger partial charge is 0.397 e. The lowest BCUT2D eigenvalue weighted by atomic mass is 9.99. The molecule has 1 fully saturated rings. The zero-order chi connectivity index (χ0) is 51.2. The smallest absolute Gasteiger partial charge is 0.394 e. The molecule has 0 aromatic heterocycles. The SMILES string of the molecule is CCCCCCCCCCC/C=C\C/C=C\CCCCCCCCCCCCCCCC(=O)NC(COC1OC(CO)C(O)C(OS(=O)(=O)O)C1O)C(O)CCCCCCCCCCCCCCCC. The van der Waals surface area contributed by atoms with E-state index in [1.54, 1.807) is 0 Å². The van der Waals surface area contributed by atoms with E-state index in [-0.39, 0.29) is 12.5 Å². The molecule has 7 unspecified atom stereocenters. The second kappa shape index (κ2) is 47.3. The first-order chi connectivity index (χ1) is 34.0. The minimum absolute atomic E-state index is 0.228. The van der Waals surface area contributed by atoms with Crippen LogP contribution in [0.25, 0.3) is 0 Å². The first-order valence-electron chi connectivity index (χ1n) is 29.2. The lowest BCUT2D eigenvalue weighted by molar-refractivity contribution is -0.298. The van der Waals surface area contributed by atoms with Crippen molar-refractivity contribution >= 4 is 16.3 Å². The van der Waals surface area contributed by atoms with Crippen LogP contribution in [0.2, 0.25) is 0 Å². The number of rotatable bonds is 51. The van der Waals surface area contributed by atoms with E-state index in [9.17, 15) is 38.2 Å². The van der Waals surface area contributed by atoms with Gasteiger partial charge in [0, 0.05) is 6.42 Å². The second-order valence-electron chi connectivity index (χ2n) is 20.6. The van der Waals surface area contributed by atoms with E-state index < -0.39 is 59.9 Å². The van der Waals surface area contributed by atoms with Gasteiger partial charge in [0.25, 0.3) is 0 Å². The summed E-state index contributed by atoms with van der Waals surface area (Å²) < 4.78 is 47.9. The topological polar surface area (TPSA) is 192 Å². The van der Waals surface area contributed by atoms with Gasteiger partial charge in [0.05, 0.1) is 25.4 Å². The first kappa shape index (κ1) is 66.6. The molecule has 1 aliphatic rings. The Morgan fingerprint density at radius 1 is 0.571 bits per heavy atom. The molecule has 0 radical (unpaired) electrons. The van der Waals surface area contributed by atoms with E-state index >= 15 is 0 Å². The third-order valence-electron chi connectivity index (χ3n) is 14.0. The molecule has 0 saturated carbocycles. The van der Waals surface area contributed by atoms with Gasteiger partial charge >= 0.3 is 10.4 Å². The Morgan fingerprint density at radius 2 is 0.957 bits per heavy atom. The van der Waals surface area contributed by atoms with Gasteiger partial charge in [-0.25, -0.2) is 4.18 Å². The van der Waals surface area contributed by atoms with Gasteiger partial charge in [-0.2, -0.15) is 8.42 Å². The van der Waals surface area contributed by atoms with Gasteiger partial charge in [-0.3, -0.25) is 9.35 Å². The Balaban J connectivity index is 2.28. The van der Waals surface area contributed by atoms with Gasteiger partial charge in [-0.15, -0.1) is 0 Å². The lowest BCUT2D eigenvalue weighted by Gasteiger charge is -2.41. The number of ether oxygens (including phenoxy) is 2. The number of allylic oxidation sites excluding steroid dienone is 4. The van der Waals surface area contributed by atoms with Crippen molar-refractivity contribution in [3.8, 4) is 0 Å². The van der Waals surface area contributed by atoms with Crippen molar-refractivity contribution in [2.45, 2.75) is 320 Å². The molecule has 7 atom stereocenters. The molecule has 0 bridgehead atoms. The molecule has 13 heteroatoms. The Morgan fingerprint density at radius 3 is 1.36 bits per heavy atom. The molecule has 0 aromatic rings. The third kappa shape index (κ3) is 39.1. The molecule has 1 aliphatic heterocycles. The maximum atomic E-state index is 13.1. The van der Waals surface area contributed by atoms with Crippen molar-refractivity contribution < 1.29 is 51.8 Å². The van der Waals surface area contributed by atoms with Gasteiger partial charge in [0.1, 0.15) is 24.4 Å². The van der Waals surface area contributed by atoms with E-state index in [0.29, 0.717) is 12.8 Å². The normalized spacial score (nSPS) is 19.7. The zero-order valence-electron chi connectivity index (χ0n) is 44.9. The van der Waals surface area contributed by atoms with E-state index in [0.717, 1.165) is 57.8 Å². The summed E-state index contributed by atoms with van der Waals surface area (Å²) in [7, 11) is -5.08. The Bertz CT molecular complexity index is 1330. The van der Waals surface area contributed by atoms with Crippen molar-refractivity contribution in [2.75, 3.05) is 13.2 Å². The fraction of sp³-hybridized carbons (Fsp3) is 0.912. The van der Waals surface area contributed by atoms with Gasteiger partial charge in [-0.1, -0.05) is 250 Å². The average molecular weight is 1020 g/mol. The number of amides is 1. The van der Waals surface area contributed by atoms with Crippen LogP contribution >= 0.6 is 0 Å². The molecule has 0 aliphatic carbocycles. The number of hydrogen-bond donors (Lipinski definition) is 6. The third-order valence-corrected chi connectivity index (χ3v) is 14.5. The molecule has 414 valence electrons. The summed E-state index contributed by atoms with van der Waals surface area (Å²) in [6, 6.07) is -0.857. The van der Waals surface area contributed by atoms with Crippen LogP contribution < -0.4 is 5.32 Å². The van der Waals surface area contributed by atoms with Crippen molar-refractivity contribution in [2.24, 2.45) is 0 Å². The monoisotopic (exact) mass is 1020 g/mol. The lowest BCUT2D eigenvalue weighted by Crippen LogP contribution is -2.61. The zero-order valence-corrected chi connectivity index (χ0v) is 45.7. The number of hydrogen-bond acceptors (Lipinski definition) is 10. The minimum atomic E-state index is -5.08. The summed E-state index contributed by atoms with van der Waals surface area (Å²) in [6.45, 7) is 3.48. The van der Waals surface area contributed by atoms with E-state index in [1.165, 1.54) is 193 Å². The van der Waals surface area contributed by atoms with Crippen LogP contribution in [0.4, 0.5) is 0 Å². The summed E-state index contributed by atoms with van der Waals surface area (Å²) in [5.74, 6) is -0.228. The molecule has 1 rings (SSSR count). The molecular weight excluding hydrogens is 907 g/mol. The molecule has 6 N–H and O–H groups in total. The van der Waals surface area contributed by atoms with Gasteiger partial charge in [-0.05, 0) is 44.9 Å². The number of aliphatic hydroxyl groups is 4. The molecule has 1 amide bonds. The number of nitrogens with one attached hydrogen (secondary N) is 1. The van der Waals surface area contributed by atoms with Crippen molar-refractivity contribution in [1.82, 2.24) is 5.32 Å². The maximum absolute atomic E-state index is 13.1. The Hall–Kier alpha value is -1.42. The Labute approximate surface area is 429 Å².